The first kappa shape index (κ1) is 13.7. The molecule has 1 aliphatic carbocycles. The van der Waals surface area contributed by atoms with E-state index in [0.29, 0.717) is 12.6 Å². The summed E-state index contributed by atoms with van der Waals surface area (Å²) in [5.41, 5.74) is 0.928. The van der Waals surface area contributed by atoms with Gasteiger partial charge < -0.3 is 15.4 Å². The van der Waals surface area contributed by atoms with Crippen LogP contribution < -0.4 is 15.4 Å². The molecule has 1 fully saturated rings. The van der Waals surface area contributed by atoms with Crippen LogP contribution in [0.25, 0.3) is 0 Å². The highest BCUT2D eigenvalue weighted by atomic mass is 16.5. The maximum Gasteiger partial charge on any atom is 0.315 e. The third-order valence-corrected chi connectivity index (χ3v) is 3.44. The fraction of sp³-hybridized carbons (Fsp3) is 0.533. The summed E-state index contributed by atoms with van der Waals surface area (Å²) in [6.45, 7) is 4.77. The van der Waals surface area contributed by atoms with Crippen molar-refractivity contribution in [3.05, 3.63) is 29.8 Å². The fourth-order valence-electron chi connectivity index (χ4n) is 2.06. The van der Waals surface area contributed by atoms with E-state index in [4.69, 9.17) is 4.74 Å². The van der Waals surface area contributed by atoms with Crippen LogP contribution in [0.2, 0.25) is 0 Å². The first-order chi connectivity index (χ1) is 9.03. The lowest BCUT2D eigenvalue weighted by Crippen LogP contribution is -2.43. The van der Waals surface area contributed by atoms with E-state index in [1.54, 1.807) is 7.11 Å². The Morgan fingerprint density at radius 1 is 1.37 bits per heavy atom. The summed E-state index contributed by atoms with van der Waals surface area (Å²) in [6, 6.07) is 8.23. The molecule has 1 aromatic carbocycles. The van der Waals surface area contributed by atoms with Gasteiger partial charge in [-0.15, -0.1) is 0 Å². The molecular formula is C15H22N2O2. The molecule has 104 valence electrons. The molecule has 0 saturated heterocycles. The minimum atomic E-state index is -0.173. The molecule has 0 spiro atoms. The molecule has 2 N–H and O–H groups in total. The van der Waals surface area contributed by atoms with E-state index in [1.807, 2.05) is 24.3 Å². The smallest absolute Gasteiger partial charge is 0.315 e. The van der Waals surface area contributed by atoms with Gasteiger partial charge in [0.15, 0.2) is 0 Å². The lowest BCUT2D eigenvalue weighted by atomic mass is 9.84. The number of ether oxygens (including phenoxy) is 1. The number of methoxy groups -OCH3 is 1. The number of hydrogen-bond donors (Lipinski definition) is 2. The van der Waals surface area contributed by atoms with Crippen LogP contribution in [0.1, 0.15) is 32.3 Å². The quantitative estimate of drug-likeness (QED) is 0.856. The number of urea groups is 1. The second-order valence-corrected chi connectivity index (χ2v) is 5.69. The Labute approximate surface area is 114 Å². The molecule has 0 aromatic heterocycles. The van der Waals surface area contributed by atoms with E-state index in [-0.39, 0.29) is 11.4 Å². The summed E-state index contributed by atoms with van der Waals surface area (Å²) >= 11 is 0. The van der Waals surface area contributed by atoms with Gasteiger partial charge in [0, 0.05) is 23.6 Å². The van der Waals surface area contributed by atoms with E-state index >= 15 is 0 Å². The second kappa shape index (κ2) is 5.51. The summed E-state index contributed by atoms with van der Waals surface area (Å²) in [5.74, 6) is 0.858. The molecular weight excluding hydrogens is 240 g/mol. The van der Waals surface area contributed by atoms with Gasteiger partial charge in [0.05, 0.1) is 7.11 Å². The molecule has 1 aromatic rings. The highest BCUT2D eigenvalue weighted by Crippen LogP contribution is 2.30. The first-order valence-electron chi connectivity index (χ1n) is 6.71. The van der Waals surface area contributed by atoms with Gasteiger partial charge in [-0.2, -0.15) is 0 Å². The van der Waals surface area contributed by atoms with Crippen molar-refractivity contribution in [3.63, 3.8) is 0 Å². The van der Waals surface area contributed by atoms with Crippen LogP contribution in [-0.2, 0) is 5.41 Å². The number of nitrogens with one attached hydrogen (secondary N) is 2. The normalized spacial score (nSPS) is 14.9. The van der Waals surface area contributed by atoms with Crippen LogP contribution in [0.5, 0.6) is 5.75 Å². The standard InChI is InChI=1S/C15H22N2O2/c1-15(2,10-16-14(18)17-11-8-9-11)12-6-4-5-7-13(12)19-3/h4-7,11H,8-10H2,1-3H3,(H2,16,17,18). The molecule has 2 amide bonds. The van der Waals surface area contributed by atoms with Crippen LogP contribution in [0, 0.1) is 0 Å². The van der Waals surface area contributed by atoms with Crippen molar-refractivity contribution >= 4 is 6.03 Å². The average Bonchev–Trinajstić information content (AvgIpc) is 3.20. The van der Waals surface area contributed by atoms with Gasteiger partial charge in [-0.3, -0.25) is 0 Å². The third-order valence-electron chi connectivity index (χ3n) is 3.44. The number of carbonyl (C=O) groups excluding carboxylic acids is 1. The summed E-state index contributed by atoms with van der Waals surface area (Å²) < 4.78 is 5.38. The lowest BCUT2D eigenvalue weighted by molar-refractivity contribution is 0.237. The van der Waals surface area contributed by atoms with Crippen molar-refractivity contribution in [1.29, 1.82) is 0 Å². The number of amides is 2. The van der Waals surface area contributed by atoms with Crippen LogP contribution in [-0.4, -0.2) is 25.7 Å². The Kier molecular flexibility index (Phi) is 3.98. The summed E-state index contributed by atoms with van der Waals surface area (Å²) in [5, 5.41) is 5.86. The zero-order valence-electron chi connectivity index (χ0n) is 11.8. The van der Waals surface area contributed by atoms with E-state index in [2.05, 4.69) is 24.5 Å². The number of carbonyl (C=O) groups is 1. The van der Waals surface area contributed by atoms with Gasteiger partial charge in [-0.1, -0.05) is 32.0 Å². The second-order valence-electron chi connectivity index (χ2n) is 5.69. The summed E-state index contributed by atoms with van der Waals surface area (Å²) in [6.07, 6.45) is 2.20. The maximum absolute atomic E-state index is 11.7. The number of benzene rings is 1. The van der Waals surface area contributed by atoms with Gasteiger partial charge in [0.1, 0.15) is 5.75 Å². The highest BCUT2D eigenvalue weighted by Gasteiger charge is 2.27. The van der Waals surface area contributed by atoms with Crippen LogP contribution in [0.4, 0.5) is 4.79 Å². The van der Waals surface area contributed by atoms with Crippen LogP contribution in [0.15, 0.2) is 24.3 Å². The predicted molar refractivity (Wildman–Crippen MR) is 75.6 cm³/mol. The SMILES string of the molecule is COc1ccccc1C(C)(C)CNC(=O)NC1CC1. The number of rotatable bonds is 5. The third kappa shape index (κ3) is 3.63. The zero-order chi connectivity index (χ0) is 13.9. The van der Waals surface area contributed by atoms with Gasteiger partial charge in [0.25, 0.3) is 0 Å². The molecule has 4 heteroatoms. The fourth-order valence-corrected chi connectivity index (χ4v) is 2.06. The summed E-state index contributed by atoms with van der Waals surface area (Å²) in [7, 11) is 1.67. The van der Waals surface area contributed by atoms with Crippen molar-refractivity contribution < 1.29 is 9.53 Å². The number of hydrogen-bond acceptors (Lipinski definition) is 2. The zero-order valence-corrected chi connectivity index (χ0v) is 11.8. The van der Waals surface area contributed by atoms with E-state index in [9.17, 15) is 4.79 Å². The Morgan fingerprint density at radius 2 is 2.05 bits per heavy atom. The molecule has 1 saturated carbocycles. The molecule has 19 heavy (non-hydrogen) atoms. The molecule has 0 heterocycles. The molecule has 0 aliphatic heterocycles. The van der Waals surface area contributed by atoms with Gasteiger partial charge in [-0.25, -0.2) is 4.79 Å². The predicted octanol–water partition coefficient (Wildman–Crippen LogP) is 2.43. The topological polar surface area (TPSA) is 50.4 Å². The Balaban J connectivity index is 1.97. The highest BCUT2D eigenvalue weighted by molar-refractivity contribution is 5.74. The van der Waals surface area contributed by atoms with E-state index in [0.717, 1.165) is 24.2 Å². The van der Waals surface area contributed by atoms with Crippen molar-refractivity contribution in [1.82, 2.24) is 10.6 Å². The maximum atomic E-state index is 11.7. The lowest BCUT2D eigenvalue weighted by Gasteiger charge is -2.27. The Hall–Kier alpha value is -1.71. The van der Waals surface area contributed by atoms with Gasteiger partial charge in [-0.05, 0) is 18.9 Å². The van der Waals surface area contributed by atoms with Crippen LogP contribution in [0.3, 0.4) is 0 Å². The molecule has 0 atom stereocenters. The molecule has 0 unspecified atom stereocenters. The van der Waals surface area contributed by atoms with Crippen molar-refractivity contribution in [3.8, 4) is 5.75 Å². The van der Waals surface area contributed by atoms with Crippen molar-refractivity contribution in [2.45, 2.75) is 38.1 Å². The monoisotopic (exact) mass is 262 g/mol. The van der Waals surface area contributed by atoms with Gasteiger partial charge >= 0.3 is 6.03 Å². The largest absolute Gasteiger partial charge is 0.496 e. The molecule has 4 nitrogen and oxygen atoms in total. The Morgan fingerprint density at radius 3 is 2.68 bits per heavy atom. The minimum Gasteiger partial charge on any atom is -0.496 e. The average molecular weight is 262 g/mol. The number of para-hydroxylation sites is 1. The molecule has 0 bridgehead atoms. The van der Waals surface area contributed by atoms with E-state index < -0.39 is 0 Å². The minimum absolute atomic E-state index is 0.0783. The molecule has 2 rings (SSSR count). The molecule has 0 radical (unpaired) electrons. The van der Waals surface area contributed by atoms with Crippen molar-refractivity contribution in [2.24, 2.45) is 0 Å². The summed E-state index contributed by atoms with van der Waals surface area (Å²) in [4.78, 5) is 11.7. The first-order valence-corrected chi connectivity index (χ1v) is 6.71. The van der Waals surface area contributed by atoms with Crippen molar-refractivity contribution in [2.75, 3.05) is 13.7 Å². The molecule has 1 aliphatic rings. The van der Waals surface area contributed by atoms with E-state index in [1.165, 1.54) is 0 Å². The Bertz CT molecular complexity index is 453. The van der Waals surface area contributed by atoms with Gasteiger partial charge in [0.2, 0.25) is 0 Å². The van der Waals surface area contributed by atoms with Crippen LogP contribution >= 0.6 is 0 Å².